The van der Waals surface area contributed by atoms with E-state index in [9.17, 15) is 5.26 Å². The lowest BCUT2D eigenvalue weighted by atomic mass is 10.1. The number of nitrogens with one attached hydrogen (secondary N) is 1. The molecule has 0 aliphatic heterocycles. The highest BCUT2D eigenvalue weighted by Gasteiger charge is 2.12. The molecule has 0 aliphatic carbocycles. The smallest absolute Gasteiger partial charge is 0.100 e. The van der Waals surface area contributed by atoms with E-state index in [0.29, 0.717) is 17.8 Å². The molecule has 110 valence electrons. The average Bonchev–Trinajstić information content (AvgIpc) is 2.44. The summed E-state index contributed by atoms with van der Waals surface area (Å²) >= 11 is 1.78. The van der Waals surface area contributed by atoms with Gasteiger partial charge in [-0.2, -0.15) is 5.26 Å². The van der Waals surface area contributed by atoms with Gasteiger partial charge >= 0.3 is 0 Å². The lowest BCUT2D eigenvalue weighted by Crippen LogP contribution is -2.18. The van der Waals surface area contributed by atoms with Crippen LogP contribution in [0.5, 0.6) is 0 Å². The minimum absolute atomic E-state index is 0.507. The monoisotopic (exact) mass is 292 g/mol. The van der Waals surface area contributed by atoms with Gasteiger partial charge in [0, 0.05) is 30.3 Å². The van der Waals surface area contributed by atoms with Gasteiger partial charge in [0.1, 0.15) is 6.07 Å². The Morgan fingerprint density at radius 3 is 2.70 bits per heavy atom. The van der Waals surface area contributed by atoms with Crippen LogP contribution in [0.4, 0.5) is 0 Å². The molecule has 1 aromatic carbocycles. The van der Waals surface area contributed by atoms with E-state index in [1.807, 2.05) is 6.07 Å². The number of hydrogen-bond donors (Lipinski definition) is 1. The highest BCUT2D eigenvalue weighted by atomic mass is 32.2. The van der Waals surface area contributed by atoms with Gasteiger partial charge < -0.3 is 10.1 Å². The Bertz CT molecular complexity index is 454. The van der Waals surface area contributed by atoms with Crippen molar-refractivity contribution in [2.75, 3.05) is 20.3 Å². The predicted octanol–water partition coefficient (Wildman–Crippen LogP) is 3.43. The molecule has 0 saturated heterocycles. The van der Waals surface area contributed by atoms with E-state index in [1.54, 1.807) is 18.9 Å². The maximum Gasteiger partial charge on any atom is 0.100 e. The Balaban J connectivity index is 2.68. The molecule has 0 heterocycles. The van der Waals surface area contributed by atoms with Crippen LogP contribution in [0, 0.1) is 17.2 Å². The predicted molar refractivity (Wildman–Crippen MR) is 84.9 cm³/mol. The van der Waals surface area contributed by atoms with Crippen molar-refractivity contribution in [3.05, 3.63) is 29.3 Å². The van der Waals surface area contributed by atoms with E-state index in [-0.39, 0.29) is 0 Å². The maximum absolute atomic E-state index is 9.30. The topological polar surface area (TPSA) is 45.0 Å². The SMILES string of the molecule is COCCNCc1ccc(SC(C)C(C)C)c(C#N)c1. The highest BCUT2D eigenvalue weighted by Crippen LogP contribution is 2.30. The molecule has 1 aromatic rings. The van der Waals surface area contributed by atoms with E-state index < -0.39 is 0 Å². The maximum atomic E-state index is 9.30. The van der Waals surface area contributed by atoms with Crippen molar-refractivity contribution in [1.82, 2.24) is 5.32 Å². The van der Waals surface area contributed by atoms with Crippen molar-refractivity contribution in [1.29, 1.82) is 5.26 Å². The second kappa shape index (κ2) is 9.02. The van der Waals surface area contributed by atoms with E-state index in [2.05, 4.69) is 44.3 Å². The van der Waals surface area contributed by atoms with E-state index in [0.717, 1.165) is 29.1 Å². The minimum Gasteiger partial charge on any atom is -0.383 e. The standard InChI is InChI=1S/C16H24N2OS/c1-12(2)13(3)20-16-6-5-14(9-15(16)10-17)11-18-7-8-19-4/h5-6,9,12-13,18H,7-8,11H2,1-4H3. The molecule has 1 N–H and O–H groups in total. The second-order valence-corrected chi connectivity index (χ2v) is 6.60. The summed E-state index contributed by atoms with van der Waals surface area (Å²) in [5.74, 6) is 0.599. The molecule has 0 amide bonds. The number of benzene rings is 1. The van der Waals surface area contributed by atoms with Crippen LogP contribution in [0.3, 0.4) is 0 Å². The van der Waals surface area contributed by atoms with Crippen molar-refractivity contribution in [3.63, 3.8) is 0 Å². The number of rotatable bonds is 8. The van der Waals surface area contributed by atoms with E-state index >= 15 is 0 Å². The van der Waals surface area contributed by atoms with Gasteiger partial charge in [0.15, 0.2) is 0 Å². The van der Waals surface area contributed by atoms with Gasteiger partial charge in [0.25, 0.3) is 0 Å². The van der Waals surface area contributed by atoms with Crippen LogP contribution in [-0.4, -0.2) is 25.5 Å². The summed E-state index contributed by atoms with van der Waals surface area (Å²) in [5, 5.41) is 13.1. The molecule has 4 heteroatoms. The van der Waals surface area contributed by atoms with Gasteiger partial charge in [-0.15, -0.1) is 11.8 Å². The van der Waals surface area contributed by atoms with E-state index in [1.165, 1.54) is 0 Å². The van der Waals surface area contributed by atoms with Crippen molar-refractivity contribution in [2.24, 2.45) is 5.92 Å². The van der Waals surface area contributed by atoms with Crippen LogP contribution in [0.1, 0.15) is 31.9 Å². The van der Waals surface area contributed by atoms with Crippen LogP contribution in [-0.2, 0) is 11.3 Å². The van der Waals surface area contributed by atoms with Crippen LogP contribution in [0.2, 0.25) is 0 Å². The number of methoxy groups -OCH3 is 1. The van der Waals surface area contributed by atoms with Gasteiger partial charge in [-0.1, -0.05) is 26.8 Å². The normalized spacial score (nSPS) is 12.4. The summed E-state index contributed by atoms with van der Waals surface area (Å²) in [6.07, 6.45) is 0. The van der Waals surface area contributed by atoms with Gasteiger partial charge in [-0.3, -0.25) is 0 Å². The summed E-state index contributed by atoms with van der Waals surface area (Å²) < 4.78 is 4.99. The first-order chi connectivity index (χ1) is 9.58. The second-order valence-electron chi connectivity index (χ2n) is 5.18. The molecule has 0 aromatic heterocycles. The van der Waals surface area contributed by atoms with E-state index in [4.69, 9.17) is 4.74 Å². The molecule has 1 atom stereocenters. The number of thioether (sulfide) groups is 1. The third-order valence-electron chi connectivity index (χ3n) is 3.23. The molecule has 3 nitrogen and oxygen atoms in total. The number of ether oxygens (including phenoxy) is 1. The first-order valence-electron chi connectivity index (χ1n) is 6.97. The van der Waals surface area contributed by atoms with Crippen LogP contribution < -0.4 is 5.32 Å². The number of nitriles is 1. The Morgan fingerprint density at radius 1 is 1.35 bits per heavy atom. The molecule has 0 aliphatic rings. The average molecular weight is 292 g/mol. The van der Waals surface area contributed by atoms with Gasteiger partial charge in [-0.25, -0.2) is 0 Å². The van der Waals surface area contributed by atoms with Crippen molar-refractivity contribution < 1.29 is 4.74 Å². The molecule has 0 saturated carbocycles. The first kappa shape index (κ1) is 17.0. The number of hydrogen-bond acceptors (Lipinski definition) is 4. The zero-order chi connectivity index (χ0) is 15.0. The third kappa shape index (κ3) is 5.54. The zero-order valence-electron chi connectivity index (χ0n) is 12.8. The summed E-state index contributed by atoms with van der Waals surface area (Å²) in [5.41, 5.74) is 1.91. The molecule has 0 fully saturated rings. The third-order valence-corrected chi connectivity index (χ3v) is 4.75. The molecule has 1 unspecified atom stereocenters. The van der Waals surface area contributed by atoms with Crippen molar-refractivity contribution in [3.8, 4) is 6.07 Å². The van der Waals surface area contributed by atoms with Gasteiger partial charge in [0.05, 0.1) is 12.2 Å². The van der Waals surface area contributed by atoms with Crippen LogP contribution in [0.15, 0.2) is 23.1 Å². The molecule has 20 heavy (non-hydrogen) atoms. The summed E-state index contributed by atoms with van der Waals surface area (Å²) in [6, 6.07) is 8.45. The molecular weight excluding hydrogens is 268 g/mol. The molecule has 0 bridgehead atoms. The van der Waals surface area contributed by atoms with Gasteiger partial charge in [-0.05, 0) is 23.6 Å². The Labute approximate surface area is 126 Å². The van der Waals surface area contributed by atoms with Crippen LogP contribution in [0.25, 0.3) is 0 Å². The number of nitrogens with zero attached hydrogens (tertiary/aromatic N) is 1. The van der Waals surface area contributed by atoms with Gasteiger partial charge in [0.2, 0.25) is 0 Å². The fourth-order valence-electron chi connectivity index (χ4n) is 1.62. The molecule has 1 rings (SSSR count). The Morgan fingerprint density at radius 2 is 2.10 bits per heavy atom. The summed E-state index contributed by atoms with van der Waals surface area (Å²) in [7, 11) is 1.69. The minimum atomic E-state index is 0.507. The lowest BCUT2D eigenvalue weighted by Gasteiger charge is -2.16. The fraction of sp³-hybridized carbons (Fsp3) is 0.562. The first-order valence-corrected chi connectivity index (χ1v) is 7.85. The fourth-order valence-corrected chi connectivity index (χ4v) is 2.67. The lowest BCUT2D eigenvalue weighted by molar-refractivity contribution is 0.199. The Kier molecular flexibility index (Phi) is 7.68. The highest BCUT2D eigenvalue weighted by molar-refractivity contribution is 8.00. The quantitative estimate of drug-likeness (QED) is 0.589. The zero-order valence-corrected chi connectivity index (χ0v) is 13.6. The van der Waals surface area contributed by atoms with Crippen molar-refractivity contribution in [2.45, 2.75) is 37.5 Å². The Hall–Kier alpha value is -1.02. The molecule has 0 spiro atoms. The summed E-state index contributed by atoms with van der Waals surface area (Å²) in [4.78, 5) is 1.08. The molecular formula is C16H24N2OS. The van der Waals surface area contributed by atoms with Crippen LogP contribution >= 0.6 is 11.8 Å². The summed E-state index contributed by atoms with van der Waals surface area (Å²) in [6.45, 7) is 8.90. The van der Waals surface area contributed by atoms with Crippen molar-refractivity contribution >= 4 is 11.8 Å². The molecule has 0 radical (unpaired) electrons. The largest absolute Gasteiger partial charge is 0.383 e.